The van der Waals surface area contributed by atoms with E-state index in [1.807, 2.05) is 28.8 Å². The minimum Gasteiger partial charge on any atom is -0.763 e. The van der Waals surface area contributed by atoms with E-state index in [4.69, 9.17) is 0 Å². The number of carbonyl (C=O) groups is 2. The Balaban J connectivity index is 2.17. The molecule has 0 radical (unpaired) electrons. The first-order valence-electron chi connectivity index (χ1n) is 6.32. The average molecular weight is 297 g/mol. The molecule has 2 aromatic rings. The lowest BCUT2D eigenvalue weighted by molar-refractivity contribution is -0.711. The van der Waals surface area contributed by atoms with Gasteiger partial charge in [0, 0.05) is 12.1 Å². The predicted molar refractivity (Wildman–Crippen MR) is 77.8 cm³/mol. The van der Waals surface area contributed by atoms with Gasteiger partial charge in [0.15, 0.2) is 12.4 Å². The number of imide groups is 1. The van der Waals surface area contributed by atoms with Gasteiger partial charge in [0.2, 0.25) is 6.04 Å². The van der Waals surface area contributed by atoms with Gasteiger partial charge in [-0.1, -0.05) is 6.07 Å². The number of pyridine rings is 1. The zero-order valence-electron chi connectivity index (χ0n) is 10.9. The Hall–Kier alpha value is -2.56. The van der Waals surface area contributed by atoms with Crippen molar-refractivity contribution >= 4 is 29.0 Å². The highest BCUT2D eigenvalue weighted by Gasteiger charge is 2.46. The normalized spacial score (nSPS) is 21.8. The summed E-state index contributed by atoms with van der Waals surface area (Å²) in [5.41, 5.74) is 0.871. The second kappa shape index (κ2) is 5.44. The van der Waals surface area contributed by atoms with E-state index in [1.54, 1.807) is 29.1 Å². The third kappa shape index (κ3) is 2.31. The van der Waals surface area contributed by atoms with Crippen LogP contribution in [0.1, 0.15) is 17.5 Å². The van der Waals surface area contributed by atoms with Crippen molar-refractivity contribution in [3.05, 3.63) is 64.0 Å². The second-order valence-corrected chi connectivity index (χ2v) is 5.43. The SMILES string of the molecule is [N-]=C=C1C(=O)NC(=O)C([n+]2ccccc2)C1c1ccsc1. The molecule has 0 bridgehead atoms. The summed E-state index contributed by atoms with van der Waals surface area (Å²) in [5.74, 6) is 0.394. The zero-order chi connectivity index (χ0) is 14.8. The largest absolute Gasteiger partial charge is 0.763 e. The number of rotatable bonds is 2. The van der Waals surface area contributed by atoms with Crippen molar-refractivity contribution < 1.29 is 14.2 Å². The lowest BCUT2D eigenvalue weighted by Gasteiger charge is -2.27. The smallest absolute Gasteiger partial charge is 0.296 e. The first-order valence-corrected chi connectivity index (χ1v) is 7.26. The summed E-state index contributed by atoms with van der Waals surface area (Å²) < 4.78 is 1.72. The Kier molecular flexibility index (Phi) is 3.48. The Morgan fingerprint density at radius 2 is 2.00 bits per heavy atom. The monoisotopic (exact) mass is 297 g/mol. The van der Waals surface area contributed by atoms with Crippen LogP contribution in [0.3, 0.4) is 0 Å². The second-order valence-electron chi connectivity index (χ2n) is 4.65. The molecular formula is C15H11N3O2S. The van der Waals surface area contributed by atoms with E-state index in [-0.39, 0.29) is 5.57 Å². The van der Waals surface area contributed by atoms with Gasteiger partial charge in [0.25, 0.3) is 11.8 Å². The first-order chi connectivity index (χ1) is 10.2. The lowest BCUT2D eigenvalue weighted by Crippen LogP contribution is -2.57. The van der Waals surface area contributed by atoms with Crippen molar-refractivity contribution in [1.82, 2.24) is 5.32 Å². The van der Waals surface area contributed by atoms with Crippen molar-refractivity contribution in [2.75, 3.05) is 0 Å². The molecule has 2 aromatic heterocycles. The highest BCUT2D eigenvalue weighted by molar-refractivity contribution is 7.08. The Morgan fingerprint density at radius 3 is 2.62 bits per heavy atom. The molecule has 0 aromatic carbocycles. The Labute approximate surface area is 125 Å². The van der Waals surface area contributed by atoms with Crippen LogP contribution in [0.25, 0.3) is 5.41 Å². The van der Waals surface area contributed by atoms with Crippen LogP contribution in [-0.2, 0) is 9.59 Å². The van der Waals surface area contributed by atoms with E-state index in [9.17, 15) is 15.0 Å². The molecule has 3 rings (SSSR count). The van der Waals surface area contributed by atoms with Crippen LogP contribution in [-0.4, -0.2) is 17.7 Å². The number of amides is 2. The minimum absolute atomic E-state index is 0.0642. The van der Waals surface area contributed by atoms with E-state index in [0.29, 0.717) is 0 Å². The van der Waals surface area contributed by atoms with Gasteiger partial charge in [-0.3, -0.25) is 20.8 Å². The Bertz CT molecular complexity index is 734. The maximum atomic E-state index is 12.3. The molecule has 2 atom stereocenters. The molecule has 5 nitrogen and oxygen atoms in total. The molecule has 21 heavy (non-hydrogen) atoms. The van der Waals surface area contributed by atoms with Gasteiger partial charge in [-0.15, -0.1) is 0 Å². The molecule has 104 valence electrons. The van der Waals surface area contributed by atoms with Crippen LogP contribution in [0.5, 0.6) is 0 Å². The maximum absolute atomic E-state index is 12.3. The number of hydrogen-bond acceptors (Lipinski definition) is 3. The fourth-order valence-electron chi connectivity index (χ4n) is 2.53. The van der Waals surface area contributed by atoms with Gasteiger partial charge in [-0.25, -0.2) is 0 Å². The molecule has 1 aliphatic heterocycles. The molecule has 0 aliphatic carbocycles. The van der Waals surface area contributed by atoms with Gasteiger partial charge in [-0.05, 0) is 22.4 Å². The van der Waals surface area contributed by atoms with E-state index in [2.05, 4.69) is 5.32 Å². The maximum Gasteiger partial charge on any atom is 0.296 e. The molecule has 1 saturated heterocycles. The first kappa shape index (κ1) is 13.4. The van der Waals surface area contributed by atoms with Crippen LogP contribution < -0.4 is 9.88 Å². The van der Waals surface area contributed by atoms with Crippen LogP contribution in [0.4, 0.5) is 0 Å². The van der Waals surface area contributed by atoms with Crippen LogP contribution in [0.2, 0.25) is 0 Å². The van der Waals surface area contributed by atoms with Crippen LogP contribution in [0, 0.1) is 0 Å². The summed E-state index contributed by atoms with van der Waals surface area (Å²) in [6, 6.07) is 6.65. The number of hydrogen-bond donors (Lipinski definition) is 1. The minimum atomic E-state index is -0.645. The zero-order valence-corrected chi connectivity index (χ0v) is 11.7. The van der Waals surface area contributed by atoms with E-state index in [0.717, 1.165) is 5.56 Å². The van der Waals surface area contributed by atoms with E-state index < -0.39 is 23.8 Å². The van der Waals surface area contributed by atoms with Crippen LogP contribution >= 0.6 is 11.3 Å². The molecule has 1 N–H and O–H groups in total. The average Bonchev–Trinajstić information content (AvgIpc) is 3.01. The van der Waals surface area contributed by atoms with Crippen molar-refractivity contribution in [2.45, 2.75) is 12.0 Å². The summed E-state index contributed by atoms with van der Waals surface area (Å²) in [4.78, 5) is 24.2. The third-order valence-corrected chi connectivity index (χ3v) is 4.16. The van der Waals surface area contributed by atoms with Gasteiger partial charge in [-0.2, -0.15) is 15.9 Å². The molecule has 6 heteroatoms. The van der Waals surface area contributed by atoms with Crippen molar-refractivity contribution in [3.63, 3.8) is 0 Å². The molecule has 1 aliphatic rings. The number of nitrogens with one attached hydrogen (secondary N) is 1. The molecule has 1 fully saturated rings. The molecule has 2 amide bonds. The third-order valence-electron chi connectivity index (χ3n) is 3.46. The summed E-state index contributed by atoms with van der Waals surface area (Å²) in [5, 5.41) is 15.3. The van der Waals surface area contributed by atoms with Crippen molar-refractivity contribution in [1.29, 1.82) is 0 Å². The summed E-state index contributed by atoms with van der Waals surface area (Å²) in [6.07, 6.45) is 3.52. The fourth-order valence-corrected chi connectivity index (χ4v) is 3.23. The molecule has 2 unspecified atom stereocenters. The summed E-state index contributed by atoms with van der Waals surface area (Å²) in [7, 11) is 0. The highest BCUT2D eigenvalue weighted by atomic mass is 32.1. The van der Waals surface area contributed by atoms with Crippen LogP contribution in [0.15, 0.2) is 53.0 Å². The number of thiophene rings is 1. The van der Waals surface area contributed by atoms with E-state index in [1.165, 1.54) is 11.3 Å². The number of piperidine rings is 1. The fraction of sp³-hybridized carbons (Fsp3) is 0.133. The molecule has 3 heterocycles. The molecule has 0 saturated carbocycles. The molecular weight excluding hydrogens is 286 g/mol. The van der Waals surface area contributed by atoms with Gasteiger partial charge < -0.3 is 5.41 Å². The van der Waals surface area contributed by atoms with Crippen molar-refractivity contribution in [2.24, 2.45) is 0 Å². The van der Waals surface area contributed by atoms with Crippen molar-refractivity contribution in [3.8, 4) is 0 Å². The number of aromatic nitrogens is 1. The van der Waals surface area contributed by atoms with E-state index >= 15 is 0 Å². The van der Waals surface area contributed by atoms with Gasteiger partial charge in [0.1, 0.15) is 0 Å². The standard InChI is InChI=1S/C15H11N3O2S/c16-8-11-12(10-4-7-21-9-10)13(15(20)17-14(11)19)18-5-2-1-3-6-18/h1-7,9,12-13H,(H,17,19,20). The highest BCUT2D eigenvalue weighted by Crippen LogP contribution is 2.35. The topological polar surface area (TPSA) is 72.3 Å². The Morgan fingerprint density at radius 1 is 1.24 bits per heavy atom. The van der Waals surface area contributed by atoms with Gasteiger partial charge in [0.05, 0.1) is 11.5 Å². The summed E-state index contributed by atoms with van der Waals surface area (Å²) >= 11 is 1.47. The quantitative estimate of drug-likeness (QED) is 0.391. The number of carbonyl (C=O) groups excluding carboxylic acids is 2. The lowest BCUT2D eigenvalue weighted by atomic mass is 9.83. The molecule has 0 spiro atoms. The number of nitrogens with zero attached hydrogens (tertiary/aromatic N) is 2. The van der Waals surface area contributed by atoms with Gasteiger partial charge >= 0.3 is 0 Å². The predicted octanol–water partition coefficient (Wildman–Crippen LogP) is 1.18. The summed E-state index contributed by atoms with van der Waals surface area (Å²) in [6.45, 7) is 0.